The van der Waals surface area contributed by atoms with Crippen LogP contribution in [0, 0.1) is 18.8 Å². The summed E-state index contributed by atoms with van der Waals surface area (Å²) in [5.41, 5.74) is 1.17. The molecule has 0 aliphatic rings. The van der Waals surface area contributed by atoms with Gasteiger partial charge in [0.15, 0.2) is 5.65 Å². The smallest absolute Gasteiger partial charge is 0.274 e. The zero-order valence-corrected chi connectivity index (χ0v) is 14.7. The van der Waals surface area contributed by atoms with Crippen molar-refractivity contribution in [3.05, 3.63) is 27.7 Å². The fourth-order valence-electron chi connectivity index (χ4n) is 3.05. The van der Waals surface area contributed by atoms with E-state index in [0.717, 1.165) is 6.42 Å². The third-order valence-corrected chi connectivity index (χ3v) is 4.08. The number of aliphatic hydroxyl groups excluding tert-OH is 1. The number of pyridine rings is 1. The van der Waals surface area contributed by atoms with Crippen LogP contribution < -0.4 is 10.9 Å². The van der Waals surface area contributed by atoms with Gasteiger partial charge in [0, 0.05) is 25.9 Å². The molecule has 1 amide bonds. The predicted octanol–water partition coefficient (Wildman–Crippen LogP) is 1.34. The Balaban J connectivity index is 2.23. The van der Waals surface area contributed by atoms with Gasteiger partial charge in [-0.05, 0) is 37.7 Å². The SMILES string of the molecule is Cc1cc(C(=O)NCC(CCO)CC(C)C)c2c(=O)[nH]n(C)c2n1. The second kappa shape index (κ2) is 7.61. The molecule has 0 saturated heterocycles. The predicted molar refractivity (Wildman–Crippen MR) is 93.1 cm³/mol. The van der Waals surface area contributed by atoms with Crippen molar-refractivity contribution in [2.45, 2.75) is 33.6 Å². The third kappa shape index (κ3) is 4.03. The van der Waals surface area contributed by atoms with E-state index in [4.69, 9.17) is 0 Å². The fraction of sp³-hybridized carbons (Fsp3) is 0.588. The normalized spacial score (nSPS) is 12.8. The van der Waals surface area contributed by atoms with Gasteiger partial charge in [0.2, 0.25) is 0 Å². The summed E-state index contributed by atoms with van der Waals surface area (Å²) in [5.74, 6) is 0.422. The maximum atomic E-state index is 12.6. The zero-order valence-electron chi connectivity index (χ0n) is 14.7. The lowest BCUT2D eigenvalue weighted by molar-refractivity contribution is 0.0943. The highest BCUT2D eigenvalue weighted by Crippen LogP contribution is 2.16. The molecule has 2 aromatic heterocycles. The number of nitrogens with one attached hydrogen (secondary N) is 2. The average Bonchev–Trinajstić information content (AvgIpc) is 2.78. The first-order chi connectivity index (χ1) is 11.3. The minimum atomic E-state index is -0.320. The summed E-state index contributed by atoms with van der Waals surface area (Å²) in [6, 6.07) is 1.64. The molecule has 0 bridgehead atoms. The summed E-state index contributed by atoms with van der Waals surface area (Å²) in [5, 5.41) is 15.0. The molecule has 0 aliphatic carbocycles. The van der Waals surface area contributed by atoms with Crippen LogP contribution in [0.3, 0.4) is 0 Å². The van der Waals surface area contributed by atoms with E-state index in [0.29, 0.717) is 41.2 Å². The van der Waals surface area contributed by atoms with Crippen molar-refractivity contribution in [2.75, 3.05) is 13.2 Å². The number of rotatable bonds is 7. The summed E-state index contributed by atoms with van der Waals surface area (Å²) in [6.45, 7) is 6.60. The minimum Gasteiger partial charge on any atom is -0.396 e. The van der Waals surface area contributed by atoms with Crippen LogP contribution in [0.25, 0.3) is 11.0 Å². The Bertz CT molecular complexity index is 776. The molecule has 1 atom stereocenters. The molecule has 0 aromatic carbocycles. The summed E-state index contributed by atoms with van der Waals surface area (Å²) >= 11 is 0. The quantitative estimate of drug-likeness (QED) is 0.711. The number of aryl methyl sites for hydroxylation is 2. The monoisotopic (exact) mass is 334 g/mol. The highest BCUT2D eigenvalue weighted by molar-refractivity contribution is 6.05. The van der Waals surface area contributed by atoms with Gasteiger partial charge >= 0.3 is 0 Å². The van der Waals surface area contributed by atoms with Crippen LogP contribution in [0.4, 0.5) is 0 Å². The number of aromatic nitrogens is 3. The van der Waals surface area contributed by atoms with Gasteiger partial charge in [0.05, 0.1) is 10.9 Å². The van der Waals surface area contributed by atoms with Gasteiger partial charge in [-0.1, -0.05) is 13.8 Å². The van der Waals surface area contributed by atoms with E-state index in [-0.39, 0.29) is 24.0 Å². The Morgan fingerprint density at radius 1 is 1.46 bits per heavy atom. The number of H-pyrrole nitrogens is 1. The molecule has 0 radical (unpaired) electrons. The number of hydrogen-bond acceptors (Lipinski definition) is 4. The van der Waals surface area contributed by atoms with E-state index < -0.39 is 0 Å². The Labute approximate surface area is 141 Å². The molecule has 2 heterocycles. The summed E-state index contributed by atoms with van der Waals surface area (Å²) in [4.78, 5) is 29.0. The van der Waals surface area contributed by atoms with Crippen LogP contribution in [-0.2, 0) is 7.05 Å². The number of hydrogen-bond donors (Lipinski definition) is 3. The Morgan fingerprint density at radius 2 is 2.17 bits per heavy atom. The van der Waals surface area contributed by atoms with Crippen LogP contribution in [0.2, 0.25) is 0 Å². The number of amides is 1. The second-order valence-electron chi connectivity index (χ2n) is 6.73. The van der Waals surface area contributed by atoms with Crippen LogP contribution in [-0.4, -0.2) is 38.9 Å². The van der Waals surface area contributed by atoms with Crippen LogP contribution >= 0.6 is 0 Å². The Morgan fingerprint density at radius 3 is 2.79 bits per heavy atom. The fourth-order valence-corrected chi connectivity index (χ4v) is 3.05. The standard InChI is InChI=1S/C17H26N4O3/c1-10(2)7-12(5-6-22)9-18-16(23)13-8-11(3)19-15-14(13)17(24)20-21(15)4/h8,10,12,22H,5-7,9H2,1-4H3,(H,18,23)(H,20,24). The highest BCUT2D eigenvalue weighted by atomic mass is 16.3. The van der Waals surface area contributed by atoms with Crippen LogP contribution in [0.15, 0.2) is 10.9 Å². The molecule has 2 rings (SSSR count). The highest BCUT2D eigenvalue weighted by Gasteiger charge is 2.19. The van der Waals surface area contributed by atoms with E-state index in [1.54, 1.807) is 20.0 Å². The number of carbonyl (C=O) groups is 1. The lowest BCUT2D eigenvalue weighted by Gasteiger charge is -2.18. The number of aliphatic hydroxyl groups is 1. The number of nitrogens with zero attached hydrogens (tertiary/aromatic N) is 2. The number of fused-ring (bicyclic) bond motifs is 1. The maximum Gasteiger partial charge on any atom is 0.274 e. The van der Waals surface area contributed by atoms with Gasteiger partial charge < -0.3 is 10.4 Å². The van der Waals surface area contributed by atoms with Gasteiger partial charge in [-0.3, -0.25) is 19.4 Å². The first kappa shape index (κ1) is 18.2. The molecule has 132 valence electrons. The maximum absolute atomic E-state index is 12.6. The van der Waals surface area contributed by atoms with Crippen molar-refractivity contribution in [3.8, 4) is 0 Å². The van der Waals surface area contributed by atoms with E-state index in [2.05, 4.69) is 29.2 Å². The minimum absolute atomic E-state index is 0.101. The third-order valence-electron chi connectivity index (χ3n) is 4.08. The second-order valence-corrected chi connectivity index (χ2v) is 6.73. The van der Waals surface area contributed by atoms with Crippen molar-refractivity contribution < 1.29 is 9.90 Å². The van der Waals surface area contributed by atoms with Crippen molar-refractivity contribution >= 4 is 16.9 Å². The first-order valence-electron chi connectivity index (χ1n) is 8.28. The van der Waals surface area contributed by atoms with Crippen molar-refractivity contribution in [1.82, 2.24) is 20.1 Å². The topological polar surface area (TPSA) is 100 Å². The van der Waals surface area contributed by atoms with E-state index in [9.17, 15) is 14.7 Å². The van der Waals surface area contributed by atoms with E-state index in [1.165, 1.54) is 4.68 Å². The molecule has 0 saturated carbocycles. The molecule has 0 spiro atoms. The van der Waals surface area contributed by atoms with Crippen molar-refractivity contribution in [2.24, 2.45) is 18.9 Å². The Hall–Kier alpha value is -2.15. The lowest BCUT2D eigenvalue weighted by atomic mass is 9.94. The van der Waals surface area contributed by atoms with Crippen molar-refractivity contribution in [3.63, 3.8) is 0 Å². The summed E-state index contributed by atoms with van der Waals surface area (Å²) in [7, 11) is 1.69. The molecule has 7 heteroatoms. The van der Waals surface area contributed by atoms with Gasteiger partial charge in [-0.2, -0.15) is 0 Å². The molecule has 3 N–H and O–H groups in total. The summed E-state index contributed by atoms with van der Waals surface area (Å²) < 4.78 is 1.52. The molecule has 0 fully saturated rings. The molecule has 1 unspecified atom stereocenters. The van der Waals surface area contributed by atoms with Crippen molar-refractivity contribution in [1.29, 1.82) is 0 Å². The molecule has 0 aliphatic heterocycles. The molecule has 24 heavy (non-hydrogen) atoms. The van der Waals surface area contributed by atoms with Crippen LogP contribution in [0.1, 0.15) is 42.7 Å². The Kier molecular flexibility index (Phi) is 5.77. The van der Waals surface area contributed by atoms with E-state index >= 15 is 0 Å². The molecular weight excluding hydrogens is 308 g/mol. The van der Waals surface area contributed by atoms with Crippen LogP contribution in [0.5, 0.6) is 0 Å². The molecule has 2 aromatic rings. The number of carbonyl (C=O) groups excluding carboxylic acids is 1. The largest absolute Gasteiger partial charge is 0.396 e. The van der Waals surface area contributed by atoms with E-state index in [1.807, 2.05) is 0 Å². The molecule has 7 nitrogen and oxygen atoms in total. The molecular formula is C17H26N4O3. The lowest BCUT2D eigenvalue weighted by Crippen LogP contribution is -2.31. The van der Waals surface area contributed by atoms with Gasteiger partial charge in [0.1, 0.15) is 0 Å². The van der Waals surface area contributed by atoms with Gasteiger partial charge in [0.25, 0.3) is 11.5 Å². The van der Waals surface area contributed by atoms with Gasteiger partial charge in [-0.25, -0.2) is 4.98 Å². The zero-order chi connectivity index (χ0) is 17.9. The summed E-state index contributed by atoms with van der Waals surface area (Å²) in [6.07, 6.45) is 1.58. The van der Waals surface area contributed by atoms with Gasteiger partial charge in [-0.15, -0.1) is 0 Å². The first-order valence-corrected chi connectivity index (χ1v) is 8.28. The average molecular weight is 334 g/mol. The number of aromatic amines is 1.